The van der Waals surface area contributed by atoms with Crippen LogP contribution in [0.2, 0.25) is 0 Å². The Balaban J connectivity index is 1.10. The largest absolute Gasteiger partial charge is 0.432 e. The van der Waals surface area contributed by atoms with Gasteiger partial charge in [-0.2, -0.15) is 0 Å². The molecule has 0 aromatic carbocycles. The van der Waals surface area contributed by atoms with Gasteiger partial charge in [0.2, 0.25) is 6.29 Å². The molecule has 320 valence electrons. The fourth-order valence-electron chi connectivity index (χ4n) is 12.0. The fraction of sp³-hybridized carbons (Fsp3) is 0.921. The maximum atomic E-state index is 14.6. The number of ether oxygens (including phenoxy) is 6. The molecule has 56 heavy (non-hydrogen) atoms. The second kappa shape index (κ2) is 15.6. The molecule has 2 bridgehead atoms. The van der Waals surface area contributed by atoms with Crippen molar-refractivity contribution in [3.63, 3.8) is 0 Å². The maximum absolute atomic E-state index is 14.6. The Morgan fingerprint density at radius 3 is 1.82 bits per heavy atom. The van der Waals surface area contributed by atoms with Gasteiger partial charge in [0.1, 0.15) is 67.1 Å². The SMILES string of the molecule is C=C1C[C@@]23CCC4[C@](C)(C(=O)OC5OC(CO)C(O)C(O)C5OC5OC(CO)C(O)C(O)C5O)CCC[C@@]4(C)[C@@H]2CCC1(OC1OC(CO)C(O)C(O)C1O)C3. The van der Waals surface area contributed by atoms with Gasteiger partial charge >= 0.3 is 5.97 Å². The van der Waals surface area contributed by atoms with Crippen LogP contribution in [0.3, 0.4) is 0 Å². The van der Waals surface area contributed by atoms with Crippen LogP contribution >= 0.6 is 0 Å². The van der Waals surface area contributed by atoms with Crippen molar-refractivity contribution >= 4 is 5.97 Å². The lowest BCUT2D eigenvalue weighted by Gasteiger charge is -2.64. The molecule has 17 unspecified atom stereocenters. The average Bonchev–Trinajstić information content (AvgIpc) is 3.37. The van der Waals surface area contributed by atoms with E-state index >= 15 is 0 Å². The van der Waals surface area contributed by atoms with Gasteiger partial charge in [0, 0.05) is 0 Å². The van der Waals surface area contributed by atoms with Crippen LogP contribution in [0.1, 0.15) is 71.6 Å². The van der Waals surface area contributed by atoms with Crippen LogP contribution in [0.15, 0.2) is 12.2 Å². The van der Waals surface area contributed by atoms with Gasteiger partial charge in [-0.3, -0.25) is 4.79 Å². The standard InChI is InChI=1S/C38H60O18/c1-16-11-37-9-5-20-35(2,21(37)6-10-38(16,15-37)56-32-29(49)26(46)23(43)18(13-40)52-32)7-4-8-36(20,3)34(50)55-33-30(27(47)24(44)19(14-41)53-33)54-31-28(48)25(45)22(42)17(12-39)51-31/h17-33,39-49H,1,4-15H2,2-3H3/t17?,18?,19?,20?,21-,22?,23?,24?,25?,26?,27?,28?,29?,30?,31?,32?,33?,35+,36+,37+,38?/m0/s1. The third kappa shape index (κ3) is 6.69. The normalized spacial score (nSPS) is 54.6. The molecule has 18 nitrogen and oxygen atoms in total. The monoisotopic (exact) mass is 804 g/mol. The topological polar surface area (TPSA) is 295 Å². The molecule has 0 amide bonds. The number of hydrogen-bond acceptors (Lipinski definition) is 18. The Hall–Kier alpha value is -1.43. The fourth-order valence-corrected chi connectivity index (χ4v) is 12.0. The van der Waals surface area contributed by atoms with Crippen LogP contribution in [0.4, 0.5) is 0 Å². The van der Waals surface area contributed by atoms with Crippen molar-refractivity contribution in [2.75, 3.05) is 19.8 Å². The molecular formula is C38H60O18. The summed E-state index contributed by atoms with van der Waals surface area (Å²) in [5, 5.41) is 114. The first-order valence-electron chi connectivity index (χ1n) is 19.9. The predicted octanol–water partition coefficient (Wildman–Crippen LogP) is -2.94. The Kier molecular flexibility index (Phi) is 11.9. The smallest absolute Gasteiger partial charge is 0.314 e. The van der Waals surface area contributed by atoms with Crippen molar-refractivity contribution in [3.05, 3.63) is 12.2 Å². The summed E-state index contributed by atoms with van der Waals surface area (Å²) in [6.07, 6.45) is -18.0. The molecule has 11 N–H and O–H groups in total. The van der Waals surface area contributed by atoms with Crippen LogP contribution in [-0.4, -0.2) is 180 Å². The van der Waals surface area contributed by atoms with E-state index in [0.29, 0.717) is 44.9 Å². The molecule has 3 saturated heterocycles. The number of aliphatic hydroxyl groups excluding tert-OH is 11. The third-order valence-corrected chi connectivity index (χ3v) is 15.0. The number of carbonyl (C=O) groups is 1. The Morgan fingerprint density at radius 1 is 0.679 bits per heavy atom. The van der Waals surface area contributed by atoms with E-state index < -0.39 is 129 Å². The Labute approximate surface area is 324 Å². The third-order valence-electron chi connectivity index (χ3n) is 15.0. The molecule has 3 aliphatic heterocycles. The van der Waals surface area contributed by atoms with Crippen molar-refractivity contribution in [1.82, 2.24) is 0 Å². The van der Waals surface area contributed by atoms with E-state index in [1.54, 1.807) is 0 Å². The summed E-state index contributed by atoms with van der Waals surface area (Å²) >= 11 is 0. The molecule has 18 heteroatoms. The first-order valence-corrected chi connectivity index (χ1v) is 19.9. The van der Waals surface area contributed by atoms with Gasteiger partial charge in [-0.05, 0) is 86.5 Å². The van der Waals surface area contributed by atoms with Gasteiger partial charge in [-0.15, -0.1) is 0 Å². The minimum absolute atomic E-state index is 0.135. The molecule has 0 radical (unpaired) electrons. The molecular weight excluding hydrogens is 744 g/mol. The highest BCUT2D eigenvalue weighted by molar-refractivity contribution is 5.77. The molecule has 0 aromatic rings. The van der Waals surface area contributed by atoms with Crippen LogP contribution < -0.4 is 0 Å². The van der Waals surface area contributed by atoms with E-state index in [0.717, 1.165) is 18.4 Å². The summed E-state index contributed by atoms with van der Waals surface area (Å²) in [6, 6.07) is 0. The highest BCUT2D eigenvalue weighted by Crippen LogP contribution is 2.73. The van der Waals surface area contributed by atoms with E-state index in [2.05, 4.69) is 13.5 Å². The number of esters is 1. The summed E-state index contributed by atoms with van der Waals surface area (Å²) < 4.78 is 35.4. The quantitative estimate of drug-likeness (QED) is 0.0631. The van der Waals surface area contributed by atoms with Crippen molar-refractivity contribution in [3.8, 4) is 0 Å². The van der Waals surface area contributed by atoms with Gasteiger partial charge in [0.15, 0.2) is 18.7 Å². The van der Waals surface area contributed by atoms with Gasteiger partial charge in [0.25, 0.3) is 0 Å². The molecule has 7 aliphatic rings. The second-order valence-corrected chi connectivity index (χ2v) is 18.0. The van der Waals surface area contributed by atoms with E-state index in [1.165, 1.54) is 0 Å². The molecule has 4 saturated carbocycles. The summed E-state index contributed by atoms with van der Waals surface area (Å²) in [7, 11) is 0. The molecule has 7 rings (SSSR count). The van der Waals surface area contributed by atoms with Crippen molar-refractivity contribution in [2.45, 2.75) is 169 Å². The predicted molar refractivity (Wildman–Crippen MR) is 186 cm³/mol. The minimum Gasteiger partial charge on any atom is -0.432 e. The van der Waals surface area contributed by atoms with Crippen LogP contribution in [-0.2, 0) is 33.2 Å². The lowest BCUT2D eigenvalue weighted by Crippen LogP contribution is -2.65. The van der Waals surface area contributed by atoms with Crippen LogP contribution in [0.5, 0.6) is 0 Å². The summed E-state index contributed by atoms with van der Waals surface area (Å²) in [5.74, 6) is -0.683. The summed E-state index contributed by atoms with van der Waals surface area (Å²) in [6.45, 7) is 6.42. The number of hydrogen-bond donors (Lipinski definition) is 11. The lowest BCUT2D eigenvalue weighted by molar-refractivity contribution is -0.363. The number of rotatable bonds is 9. The highest BCUT2D eigenvalue weighted by atomic mass is 16.8. The van der Waals surface area contributed by atoms with E-state index in [-0.39, 0.29) is 22.7 Å². The average molecular weight is 805 g/mol. The highest BCUT2D eigenvalue weighted by Gasteiger charge is 2.69. The number of fused-ring (bicyclic) bond motifs is 3. The Bertz CT molecular complexity index is 1450. The number of aliphatic hydroxyl groups is 11. The first kappa shape index (κ1) is 42.7. The van der Waals surface area contributed by atoms with Crippen LogP contribution in [0, 0.1) is 28.1 Å². The molecule has 21 atom stereocenters. The van der Waals surface area contributed by atoms with Gasteiger partial charge < -0.3 is 84.6 Å². The zero-order valence-corrected chi connectivity index (χ0v) is 31.8. The van der Waals surface area contributed by atoms with Gasteiger partial charge in [0.05, 0.1) is 30.8 Å². The van der Waals surface area contributed by atoms with E-state index in [9.17, 15) is 61.0 Å². The molecule has 4 aliphatic carbocycles. The van der Waals surface area contributed by atoms with Crippen molar-refractivity contribution < 1.29 is 89.4 Å². The minimum atomic E-state index is -1.86. The van der Waals surface area contributed by atoms with Crippen molar-refractivity contribution in [1.29, 1.82) is 0 Å². The maximum Gasteiger partial charge on any atom is 0.314 e. The molecule has 3 heterocycles. The van der Waals surface area contributed by atoms with Crippen molar-refractivity contribution in [2.24, 2.45) is 28.1 Å². The zero-order valence-electron chi connectivity index (χ0n) is 31.8. The Morgan fingerprint density at radius 2 is 1.21 bits per heavy atom. The van der Waals surface area contributed by atoms with E-state index in [4.69, 9.17) is 28.4 Å². The second-order valence-electron chi connectivity index (χ2n) is 18.0. The van der Waals surface area contributed by atoms with Gasteiger partial charge in [-0.1, -0.05) is 19.9 Å². The molecule has 7 fully saturated rings. The van der Waals surface area contributed by atoms with Crippen LogP contribution in [0.25, 0.3) is 0 Å². The zero-order chi connectivity index (χ0) is 40.7. The summed E-state index contributed by atoms with van der Waals surface area (Å²) in [5.41, 5.74) is -1.68. The lowest BCUT2D eigenvalue weighted by atomic mass is 9.41. The molecule has 1 spiro atoms. The molecule has 0 aromatic heterocycles. The number of carbonyl (C=O) groups excluding carboxylic acids is 1. The van der Waals surface area contributed by atoms with Gasteiger partial charge in [-0.25, -0.2) is 0 Å². The van der Waals surface area contributed by atoms with E-state index in [1.807, 2.05) is 6.92 Å². The summed E-state index contributed by atoms with van der Waals surface area (Å²) in [4.78, 5) is 14.6. The first-order chi connectivity index (χ1) is 26.4.